The van der Waals surface area contributed by atoms with E-state index in [-0.39, 0.29) is 28.8 Å². The standard InChI is InChI=1S/C22H27FN2O5S/c1-15(2)30-22(26)25-12-10-16(11-13-25)14-29-20-9-8-19(24-21(20)23)17-4-6-18(7-5-17)31(3,27)28/h4-9,15-16H,10-14H2,1-3H3. The summed E-state index contributed by atoms with van der Waals surface area (Å²) in [6, 6.07) is 9.29. The molecule has 9 heteroatoms. The minimum Gasteiger partial charge on any atom is -0.488 e. The Kier molecular flexibility index (Phi) is 7.15. The van der Waals surface area contributed by atoms with Gasteiger partial charge in [0.15, 0.2) is 15.6 Å². The monoisotopic (exact) mass is 450 g/mol. The number of rotatable bonds is 6. The van der Waals surface area contributed by atoms with E-state index in [1.165, 1.54) is 18.2 Å². The second-order valence-electron chi connectivity index (χ2n) is 7.96. The summed E-state index contributed by atoms with van der Waals surface area (Å²) >= 11 is 0. The maximum absolute atomic E-state index is 14.4. The fraction of sp³-hybridized carbons (Fsp3) is 0.455. The molecule has 0 bridgehead atoms. The predicted octanol–water partition coefficient (Wildman–Crippen LogP) is 3.93. The molecule has 1 aromatic heterocycles. The van der Waals surface area contributed by atoms with Crippen LogP contribution in [0.1, 0.15) is 26.7 Å². The Bertz CT molecular complexity index is 1020. The van der Waals surface area contributed by atoms with Crippen LogP contribution in [0.5, 0.6) is 5.75 Å². The molecule has 0 aliphatic carbocycles. The molecule has 0 radical (unpaired) electrons. The van der Waals surface area contributed by atoms with Crippen LogP contribution in [0.3, 0.4) is 0 Å². The highest BCUT2D eigenvalue weighted by atomic mass is 32.2. The van der Waals surface area contributed by atoms with Crippen LogP contribution in [0.4, 0.5) is 9.18 Å². The van der Waals surface area contributed by atoms with Crippen LogP contribution in [0.25, 0.3) is 11.3 Å². The third kappa shape index (κ3) is 6.16. The molecule has 31 heavy (non-hydrogen) atoms. The van der Waals surface area contributed by atoms with Gasteiger partial charge in [0.25, 0.3) is 5.95 Å². The van der Waals surface area contributed by atoms with Crippen molar-refractivity contribution in [1.29, 1.82) is 0 Å². The second-order valence-corrected chi connectivity index (χ2v) is 9.97. The van der Waals surface area contributed by atoms with Crippen LogP contribution < -0.4 is 4.74 Å². The van der Waals surface area contributed by atoms with Gasteiger partial charge in [-0.05, 0) is 56.9 Å². The van der Waals surface area contributed by atoms with Crippen LogP contribution in [0.2, 0.25) is 0 Å². The molecular weight excluding hydrogens is 423 g/mol. The minimum absolute atomic E-state index is 0.0677. The molecule has 0 unspecified atom stereocenters. The Morgan fingerprint density at radius 3 is 2.35 bits per heavy atom. The number of pyridine rings is 1. The van der Waals surface area contributed by atoms with E-state index in [2.05, 4.69) is 4.98 Å². The molecule has 7 nitrogen and oxygen atoms in total. The van der Waals surface area contributed by atoms with Gasteiger partial charge < -0.3 is 14.4 Å². The normalized spacial score (nSPS) is 15.2. The van der Waals surface area contributed by atoms with Crippen molar-refractivity contribution < 1.29 is 27.1 Å². The summed E-state index contributed by atoms with van der Waals surface area (Å²) in [5.41, 5.74) is 1.00. The van der Waals surface area contributed by atoms with Crippen molar-refractivity contribution in [3.05, 3.63) is 42.3 Å². The average Bonchev–Trinajstić information content (AvgIpc) is 2.72. The molecule has 1 amide bonds. The van der Waals surface area contributed by atoms with Crippen molar-refractivity contribution in [3.63, 3.8) is 0 Å². The Morgan fingerprint density at radius 2 is 1.81 bits per heavy atom. The zero-order valence-corrected chi connectivity index (χ0v) is 18.7. The first-order valence-corrected chi connectivity index (χ1v) is 12.1. The molecule has 168 valence electrons. The van der Waals surface area contributed by atoms with Gasteiger partial charge in [0.05, 0.1) is 23.3 Å². The van der Waals surface area contributed by atoms with Crippen molar-refractivity contribution in [2.75, 3.05) is 26.0 Å². The highest BCUT2D eigenvalue weighted by Crippen LogP contribution is 2.25. The van der Waals surface area contributed by atoms with Crippen molar-refractivity contribution in [1.82, 2.24) is 9.88 Å². The second kappa shape index (κ2) is 9.64. The van der Waals surface area contributed by atoms with E-state index in [9.17, 15) is 17.6 Å². The summed E-state index contributed by atoms with van der Waals surface area (Å²) in [4.78, 5) is 17.8. The maximum atomic E-state index is 14.4. The number of hydrogen-bond acceptors (Lipinski definition) is 6. The summed E-state index contributed by atoms with van der Waals surface area (Å²) in [6.07, 6.45) is 2.20. The number of carbonyl (C=O) groups excluding carboxylic acids is 1. The zero-order chi connectivity index (χ0) is 22.6. The summed E-state index contributed by atoms with van der Waals surface area (Å²) in [5, 5.41) is 0. The van der Waals surface area contributed by atoms with Gasteiger partial charge in [0.1, 0.15) is 0 Å². The van der Waals surface area contributed by atoms with E-state index in [1.54, 1.807) is 23.1 Å². The number of nitrogens with zero attached hydrogens (tertiary/aromatic N) is 2. The van der Waals surface area contributed by atoms with Crippen LogP contribution in [-0.2, 0) is 14.6 Å². The zero-order valence-electron chi connectivity index (χ0n) is 17.9. The molecule has 1 saturated heterocycles. The number of benzene rings is 1. The van der Waals surface area contributed by atoms with Gasteiger partial charge >= 0.3 is 6.09 Å². The van der Waals surface area contributed by atoms with Gasteiger partial charge in [-0.3, -0.25) is 0 Å². The molecule has 2 aromatic rings. The van der Waals surface area contributed by atoms with E-state index in [4.69, 9.17) is 9.47 Å². The van der Waals surface area contributed by atoms with Crippen LogP contribution in [0.15, 0.2) is 41.3 Å². The molecule has 0 atom stereocenters. The topological polar surface area (TPSA) is 85.8 Å². The van der Waals surface area contributed by atoms with Gasteiger partial charge in [0.2, 0.25) is 0 Å². The molecule has 1 aromatic carbocycles. The quantitative estimate of drug-likeness (QED) is 0.620. The molecule has 0 N–H and O–H groups in total. The van der Waals surface area contributed by atoms with E-state index >= 15 is 0 Å². The molecule has 2 heterocycles. The first kappa shape index (κ1) is 23.0. The highest BCUT2D eigenvalue weighted by Gasteiger charge is 2.25. The lowest BCUT2D eigenvalue weighted by Crippen LogP contribution is -2.40. The van der Waals surface area contributed by atoms with E-state index in [0.29, 0.717) is 31.0 Å². The molecule has 1 fully saturated rings. The smallest absolute Gasteiger partial charge is 0.410 e. The van der Waals surface area contributed by atoms with Crippen LogP contribution >= 0.6 is 0 Å². The van der Waals surface area contributed by atoms with E-state index < -0.39 is 15.8 Å². The minimum atomic E-state index is -3.29. The molecule has 1 aliphatic rings. The predicted molar refractivity (Wildman–Crippen MR) is 114 cm³/mol. The number of carbonyl (C=O) groups is 1. The van der Waals surface area contributed by atoms with E-state index in [1.807, 2.05) is 13.8 Å². The van der Waals surface area contributed by atoms with E-state index in [0.717, 1.165) is 19.1 Å². The lowest BCUT2D eigenvalue weighted by molar-refractivity contribution is 0.0606. The number of likely N-dealkylation sites (tertiary alicyclic amines) is 1. The van der Waals surface area contributed by atoms with Crippen molar-refractivity contribution in [2.24, 2.45) is 5.92 Å². The van der Waals surface area contributed by atoms with Crippen molar-refractivity contribution in [3.8, 4) is 17.0 Å². The van der Waals surface area contributed by atoms with Gasteiger partial charge in [-0.25, -0.2) is 18.2 Å². The number of hydrogen-bond donors (Lipinski definition) is 0. The largest absolute Gasteiger partial charge is 0.488 e. The molecule has 1 aliphatic heterocycles. The molecule has 3 rings (SSSR count). The van der Waals surface area contributed by atoms with Gasteiger partial charge in [-0.1, -0.05) is 12.1 Å². The third-order valence-electron chi connectivity index (χ3n) is 5.08. The van der Waals surface area contributed by atoms with Gasteiger partial charge in [-0.15, -0.1) is 0 Å². The van der Waals surface area contributed by atoms with Crippen molar-refractivity contribution >= 4 is 15.9 Å². The average molecular weight is 451 g/mol. The van der Waals surface area contributed by atoms with Crippen LogP contribution in [0, 0.1) is 11.9 Å². The third-order valence-corrected chi connectivity index (χ3v) is 6.21. The lowest BCUT2D eigenvalue weighted by atomic mass is 9.98. The summed E-state index contributed by atoms with van der Waals surface area (Å²) in [7, 11) is -3.29. The number of ether oxygens (including phenoxy) is 2. The first-order chi connectivity index (χ1) is 14.6. The number of sulfone groups is 1. The Balaban J connectivity index is 1.55. The number of piperidine rings is 1. The number of amides is 1. The lowest BCUT2D eigenvalue weighted by Gasteiger charge is -2.31. The molecule has 0 saturated carbocycles. The van der Waals surface area contributed by atoms with Crippen LogP contribution in [-0.4, -0.2) is 56.5 Å². The number of halogens is 1. The molecule has 0 spiro atoms. The summed E-state index contributed by atoms with van der Waals surface area (Å²) in [6.45, 7) is 5.15. The highest BCUT2D eigenvalue weighted by molar-refractivity contribution is 7.90. The Labute approximate surface area is 182 Å². The summed E-state index contributed by atoms with van der Waals surface area (Å²) in [5.74, 6) is -0.438. The fourth-order valence-corrected chi connectivity index (χ4v) is 3.96. The Morgan fingerprint density at radius 1 is 1.16 bits per heavy atom. The fourth-order valence-electron chi connectivity index (χ4n) is 3.33. The summed E-state index contributed by atoms with van der Waals surface area (Å²) < 4.78 is 48.4. The SMILES string of the molecule is CC(C)OC(=O)N1CCC(COc2ccc(-c3ccc(S(C)(=O)=O)cc3)nc2F)CC1. The molecular formula is C22H27FN2O5S. The Hall–Kier alpha value is -2.68. The van der Waals surface area contributed by atoms with Gasteiger partial charge in [-0.2, -0.15) is 4.39 Å². The number of aromatic nitrogens is 1. The first-order valence-electron chi connectivity index (χ1n) is 10.2. The maximum Gasteiger partial charge on any atom is 0.410 e. The van der Waals surface area contributed by atoms with Crippen molar-refractivity contribution in [2.45, 2.75) is 37.7 Å². The van der Waals surface area contributed by atoms with Gasteiger partial charge in [0, 0.05) is 24.9 Å².